The lowest BCUT2D eigenvalue weighted by molar-refractivity contribution is -0.168. The average Bonchev–Trinajstić information content (AvgIpc) is 2.71. The number of nitrogens with one attached hydrogen (secondary N) is 3. The van der Waals surface area contributed by atoms with Gasteiger partial charge in [-0.3, -0.25) is 14.4 Å². The Balaban J connectivity index is 7.07. The summed E-state index contributed by atoms with van der Waals surface area (Å²) < 4.78 is 6.16. The van der Waals surface area contributed by atoms with E-state index in [1.165, 1.54) is 6.92 Å². The summed E-state index contributed by atoms with van der Waals surface area (Å²) in [7, 11) is 4.99. The second-order valence-corrected chi connectivity index (χ2v) is 11.0. The van der Waals surface area contributed by atoms with Crippen LogP contribution in [-0.2, 0) is 19.1 Å². The van der Waals surface area contributed by atoms with Gasteiger partial charge in [-0.15, -0.1) is 0 Å². The van der Waals surface area contributed by atoms with E-state index in [1.807, 2.05) is 41.5 Å². The maximum absolute atomic E-state index is 14.0. The zero-order valence-corrected chi connectivity index (χ0v) is 24.3. The number of aliphatic hydroxyl groups is 2. The van der Waals surface area contributed by atoms with E-state index in [-0.39, 0.29) is 54.5 Å². The molecule has 5 N–H and O–H groups in total. The van der Waals surface area contributed by atoms with E-state index in [4.69, 9.17) is 4.74 Å². The van der Waals surface area contributed by atoms with Crippen LogP contribution in [0.5, 0.6) is 0 Å². The lowest BCUT2D eigenvalue weighted by Crippen LogP contribution is -2.57. The number of Topliss-reactive ketones (excluding diaryl/α,β-unsaturated/α-hetero) is 2. The standard InChI is InChI=1S/C27H52N3O6/c1-15(2)22(28-9)21(33)14-27(13-19(8)32,36-26(35)24(30-11)17(5)6)20(12-18(7)31)25(34)23(29-10)16(3)4/h15-19,22-24,28-32H,12-14H2,1-11H3/t18?,19?,22-,23-,24-,27?/m0/s1. The van der Waals surface area contributed by atoms with Gasteiger partial charge in [-0.25, -0.2) is 0 Å². The highest BCUT2D eigenvalue weighted by Crippen LogP contribution is 2.40. The number of rotatable bonds is 18. The molecule has 0 aromatic rings. The molecule has 36 heavy (non-hydrogen) atoms. The van der Waals surface area contributed by atoms with Crippen molar-refractivity contribution in [3.8, 4) is 0 Å². The minimum Gasteiger partial charge on any atom is -0.456 e. The highest BCUT2D eigenvalue weighted by molar-refractivity contribution is 6.00. The van der Waals surface area contributed by atoms with Crippen LogP contribution < -0.4 is 16.0 Å². The van der Waals surface area contributed by atoms with Gasteiger partial charge in [0, 0.05) is 12.8 Å². The molecule has 0 aliphatic heterocycles. The van der Waals surface area contributed by atoms with Gasteiger partial charge in [0.2, 0.25) is 0 Å². The number of esters is 1. The molecule has 0 saturated carbocycles. The van der Waals surface area contributed by atoms with Crippen LogP contribution in [0.25, 0.3) is 0 Å². The summed E-state index contributed by atoms with van der Waals surface area (Å²) in [6.45, 7) is 14.4. The van der Waals surface area contributed by atoms with Crippen LogP contribution in [0, 0.1) is 23.7 Å². The predicted octanol–water partition coefficient (Wildman–Crippen LogP) is 1.64. The first kappa shape index (κ1) is 34.6. The molecule has 9 heteroatoms. The van der Waals surface area contributed by atoms with Crippen molar-refractivity contribution in [2.75, 3.05) is 21.1 Å². The van der Waals surface area contributed by atoms with Gasteiger partial charge < -0.3 is 30.9 Å². The van der Waals surface area contributed by atoms with E-state index in [0.717, 1.165) is 0 Å². The van der Waals surface area contributed by atoms with Gasteiger partial charge in [0.15, 0.2) is 11.6 Å². The molecule has 0 bridgehead atoms. The fourth-order valence-corrected chi connectivity index (χ4v) is 4.92. The highest BCUT2D eigenvalue weighted by Gasteiger charge is 2.52. The number of likely N-dealkylation sites (N-methyl/N-ethyl adjacent to an activating group) is 3. The van der Waals surface area contributed by atoms with Crippen LogP contribution in [0.3, 0.4) is 0 Å². The van der Waals surface area contributed by atoms with Crippen molar-refractivity contribution < 1.29 is 29.3 Å². The van der Waals surface area contributed by atoms with Crippen molar-refractivity contribution >= 4 is 17.5 Å². The largest absolute Gasteiger partial charge is 0.456 e. The van der Waals surface area contributed by atoms with Crippen LogP contribution in [0.4, 0.5) is 0 Å². The molecule has 211 valence electrons. The van der Waals surface area contributed by atoms with Crippen LogP contribution in [-0.4, -0.2) is 84.8 Å². The molecule has 6 atom stereocenters. The first-order valence-corrected chi connectivity index (χ1v) is 13.1. The van der Waals surface area contributed by atoms with Gasteiger partial charge in [-0.1, -0.05) is 41.5 Å². The number of hydrogen-bond donors (Lipinski definition) is 5. The van der Waals surface area contributed by atoms with E-state index in [1.54, 1.807) is 28.1 Å². The van der Waals surface area contributed by atoms with Crippen LogP contribution in [0.2, 0.25) is 0 Å². The van der Waals surface area contributed by atoms with E-state index >= 15 is 0 Å². The number of carbonyl (C=O) groups is 3. The summed E-state index contributed by atoms with van der Waals surface area (Å²) in [6.07, 6.45) is -2.49. The summed E-state index contributed by atoms with van der Waals surface area (Å²) in [5, 5.41) is 30.0. The Hall–Kier alpha value is -1.39. The number of aliphatic hydroxyl groups excluding tert-OH is 2. The quantitative estimate of drug-likeness (QED) is 0.173. The second kappa shape index (κ2) is 15.8. The number of hydrogen-bond acceptors (Lipinski definition) is 9. The molecule has 9 nitrogen and oxygen atoms in total. The first-order valence-electron chi connectivity index (χ1n) is 13.1. The third-order valence-corrected chi connectivity index (χ3v) is 6.54. The molecule has 0 aromatic heterocycles. The molecule has 0 aromatic carbocycles. The number of ether oxygens (including phenoxy) is 1. The Labute approximate surface area is 218 Å². The Kier molecular flexibility index (Phi) is 15.2. The van der Waals surface area contributed by atoms with Crippen molar-refractivity contribution in [1.82, 2.24) is 16.0 Å². The van der Waals surface area contributed by atoms with Crippen LogP contribution in [0.15, 0.2) is 0 Å². The molecular formula is C27H52N3O6. The van der Waals surface area contributed by atoms with Gasteiger partial charge in [0.1, 0.15) is 11.6 Å². The summed E-state index contributed by atoms with van der Waals surface area (Å²) in [5.41, 5.74) is -1.73. The number of carbonyl (C=O) groups excluding carboxylic acids is 3. The van der Waals surface area contributed by atoms with Gasteiger partial charge in [0.25, 0.3) is 0 Å². The fraction of sp³-hybridized carbons (Fsp3) is 0.852. The maximum atomic E-state index is 14.0. The second-order valence-electron chi connectivity index (χ2n) is 11.0. The molecule has 0 rings (SSSR count). The summed E-state index contributed by atoms with van der Waals surface area (Å²) >= 11 is 0. The molecule has 0 heterocycles. The van der Waals surface area contributed by atoms with Crippen LogP contribution >= 0.6 is 0 Å². The van der Waals surface area contributed by atoms with E-state index in [0.29, 0.717) is 0 Å². The molecule has 0 saturated heterocycles. The molecule has 0 fully saturated rings. The Morgan fingerprint density at radius 2 is 1.17 bits per heavy atom. The van der Waals surface area contributed by atoms with Crippen molar-refractivity contribution in [2.24, 2.45) is 17.8 Å². The SMILES string of the molecule is CN[C@H](C(=O)CC(CC(C)O)(OC(=O)[C@@H](NC)C(C)C)[C](CC(C)O)C(=O)[C@@H](NC)C(C)C)C(C)C. The minimum atomic E-state index is -1.73. The third kappa shape index (κ3) is 9.82. The van der Waals surface area contributed by atoms with Crippen molar-refractivity contribution in [1.29, 1.82) is 0 Å². The smallest absolute Gasteiger partial charge is 0.323 e. The number of ketones is 2. The normalized spacial score (nSPS) is 18.1. The molecule has 3 unspecified atom stereocenters. The highest BCUT2D eigenvalue weighted by atomic mass is 16.6. The summed E-state index contributed by atoms with van der Waals surface area (Å²) in [6, 6.07) is -1.86. The van der Waals surface area contributed by atoms with Crippen molar-refractivity contribution in [2.45, 2.75) is 111 Å². The first-order chi connectivity index (χ1) is 16.6. The maximum Gasteiger partial charge on any atom is 0.323 e. The van der Waals surface area contributed by atoms with Crippen molar-refractivity contribution in [3.63, 3.8) is 0 Å². The molecule has 0 aliphatic carbocycles. The van der Waals surface area contributed by atoms with Gasteiger partial charge in [-0.05, 0) is 59.2 Å². The topological polar surface area (TPSA) is 137 Å². The molecule has 0 spiro atoms. The zero-order valence-electron chi connectivity index (χ0n) is 24.3. The molecule has 0 amide bonds. The van der Waals surface area contributed by atoms with Gasteiger partial charge in [0.05, 0.1) is 30.2 Å². The zero-order chi connectivity index (χ0) is 28.4. The van der Waals surface area contributed by atoms with Crippen LogP contribution in [0.1, 0.15) is 74.7 Å². The lowest BCUT2D eigenvalue weighted by Gasteiger charge is -2.43. The minimum absolute atomic E-state index is 0.0557. The van der Waals surface area contributed by atoms with E-state index in [9.17, 15) is 24.6 Å². The van der Waals surface area contributed by atoms with Gasteiger partial charge in [-0.2, -0.15) is 0 Å². The third-order valence-electron chi connectivity index (χ3n) is 6.54. The van der Waals surface area contributed by atoms with Gasteiger partial charge >= 0.3 is 5.97 Å². The monoisotopic (exact) mass is 514 g/mol. The molecule has 1 radical (unpaired) electrons. The fourth-order valence-electron chi connectivity index (χ4n) is 4.92. The summed E-state index contributed by atoms with van der Waals surface area (Å²) in [4.78, 5) is 41.0. The van der Waals surface area contributed by atoms with E-state index < -0.39 is 41.9 Å². The predicted molar refractivity (Wildman–Crippen MR) is 142 cm³/mol. The Bertz CT molecular complexity index is 663. The Morgan fingerprint density at radius 1 is 0.722 bits per heavy atom. The summed E-state index contributed by atoms with van der Waals surface area (Å²) in [5.74, 6) is -1.36. The average molecular weight is 515 g/mol. The van der Waals surface area contributed by atoms with Crippen molar-refractivity contribution in [3.05, 3.63) is 5.92 Å². The molecule has 0 aliphatic rings. The Morgan fingerprint density at radius 3 is 1.50 bits per heavy atom. The molecular weight excluding hydrogens is 462 g/mol. The lowest BCUT2D eigenvalue weighted by atomic mass is 9.70. The van der Waals surface area contributed by atoms with E-state index in [2.05, 4.69) is 16.0 Å².